The third kappa shape index (κ3) is 4.16. The largest absolute Gasteiger partial charge is 0.644 e. The molecule has 6 nitrogen and oxygen atoms in total. The zero-order valence-corrected chi connectivity index (χ0v) is 13.2. The number of aryl methyl sites for hydroxylation is 2. The van der Waals surface area contributed by atoms with Gasteiger partial charge in [0.1, 0.15) is 0 Å². The molecule has 0 bridgehead atoms. The van der Waals surface area contributed by atoms with Crippen LogP contribution in [0.3, 0.4) is 0 Å². The Morgan fingerprint density at radius 3 is 2.30 bits per heavy atom. The molecule has 0 radical (unpaired) electrons. The smallest absolute Gasteiger partial charge is 0.496 e. The monoisotopic (exact) mass is 321 g/mol. The average molecular weight is 321 g/mol. The number of ketones is 1. The van der Waals surface area contributed by atoms with Crippen LogP contribution in [0.4, 0.5) is 4.39 Å². The van der Waals surface area contributed by atoms with Gasteiger partial charge in [0, 0.05) is 5.56 Å². The first-order valence-corrected chi connectivity index (χ1v) is 7.11. The summed E-state index contributed by atoms with van der Waals surface area (Å²) in [4.78, 5) is 36.9. The van der Waals surface area contributed by atoms with Crippen LogP contribution in [0.5, 0.6) is 0 Å². The lowest BCUT2D eigenvalue weighted by Crippen LogP contribution is -2.48. The molecule has 8 heteroatoms. The standard InChI is InChI=1S/C15H17BFNO5/c1-9-4-5-11(10(2)6-9)14(21)15(17)16-22-12(19)7-18(3)8-13(20)23-16/h4-6,15H,7-8H2,1-3H3/t15-/m0/s1. The van der Waals surface area contributed by atoms with Crippen molar-refractivity contribution >= 4 is 24.8 Å². The number of hydrogen-bond acceptors (Lipinski definition) is 6. The van der Waals surface area contributed by atoms with E-state index in [0.717, 1.165) is 5.56 Å². The van der Waals surface area contributed by atoms with E-state index in [1.807, 2.05) is 6.92 Å². The molecule has 23 heavy (non-hydrogen) atoms. The molecule has 1 saturated heterocycles. The Morgan fingerprint density at radius 2 is 1.78 bits per heavy atom. The Balaban J connectivity index is 2.19. The van der Waals surface area contributed by atoms with E-state index in [2.05, 4.69) is 0 Å². The molecule has 0 aromatic heterocycles. The maximum absolute atomic E-state index is 14.5. The highest BCUT2D eigenvalue weighted by atomic mass is 19.1. The van der Waals surface area contributed by atoms with E-state index in [9.17, 15) is 18.8 Å². The summed E-state index contributed by atoms with van der Waals surface area (Å²) in [6.45, 7) is 3.16. The predicted molar refractivity (Wildman–Crippen MR) is 80.6 cm³/mol. The third-order valence-electron chi connectivity index (χ3n) is 3.43. The second-order valence-electron chi connectivity index (χ2n) is 5.60. The van der Waals surface area contributed by atoms with E-state index in [1.54, 1.807) is 19.1 Å². The minimum absolute atomic E-state index is 0.161. The molecule has 1 heterocycles. The molecular formula is C15H17BFNO5. The predicted octanol–water partition coefficient (Wildman–Crippen LogP) is 0.883. The Bertz CT molecular complexity index is 631. The third-order valence-corrected chi connectivity index (χ3v) is 3.43. The Morgan fingerprint density at radius 1 is 1.22 bits per heavy atom. The number of nitrogens with zero attached hydrogens (tertiary/aromatic N) is 1. The molecule has 0 spiro atoms. The average Bonchev–Trinajstić information content (AvgIpc) is 2.43. The highest BCUT2D eigenvalue weighted by Gasteiger charge is 2.45. The van der Waals surface area contributed by atoms with E-state index in [4.69, 9.17) is 9.31 Å². The quantitative estimate of drug-likeness (QED) is 0.608. The SMILES string of the molecule is Cc1ccc(C(=O)[C@H](F)B2OC(=O)CN(C)CC(=O)O2)c(C)c1. The van der Waals surface area contributed by atoms with Crippen molar-refractivity contribution in [1.82, 2.24) is 4.90 Å². The highest BCUT2D eigenvalue weighted by Crippen LogP contribution is 2.17. The number of alkyl halides is 1. The summed E-state index contributed by atoms with van der Waals surface area (Å²) in [5.74, 6) is -2.41. The number of benzene rings is 1. The van der Waals surface area contributed by atoms with Crippen molar-refractivity contribution in [1.29, 1.82) is 0 Å². The summed E-state index contributed by atoms with van der Waals surface area (Å²) in [6.07, 6.45) is -2.27. The van der Waals surface area contributed by atoms with Crippen LogP contribution in [-0.4, -0.2) is 55.9 Å². The van der Waals surface area contributed by atoms with E-state index in [1.165, 1.54) is 18.0 Å². The Labute approximate surface area is 133 Å². The number of carbonyl (C=O) groups is 3. The zero-order valence-electron chi connectivity index (χ0n) is 13.2. The van der Waals surface area contributed by atoms with Gasteiger partial charge in [0.25, 0.3) is 0 Å². The van der Waals surface area contributed by atoms with Crippen molar-refractivity contribution in [3.8, 4) is 0 Å². The topological polar surface area (TPSA) is 72.9 Å². The number of halogens is 1. The molecule has 1 aromatic carbocycles. The van der Waals surface area contributed by atoms with Crippen LogP contribution in [0, 0.1) is 13.8 Å². The molecule has 1 aliphatic rings. The molecule has 1 aromatic rings. The lowest BCUT2D eigenvalue weighted by molar-refractivity contribution is -0.146. The summed E-state index contributed by atoms with van der Waals surface area (Å²) < 4.78 is 24.0. The van der Waals surface area contributed by atoms with Gasteiger partial charge in [-0.25, -0.2) is 4.39 Å². The van der Waals surface area contributed by atoms with Gasteiger partial charge in [-0.3, -0.25) is 19.3 Å². The minimum Gasteiger partial charge on any atom is -0.496 e. The van der Waals surface area contributed by atoms with Crippen LogP contribution in [-0.2, 0) is 18.9 Å². The second-order valence-corrected chi connectivity index (χ2v) is 5.60. The maximum atomic E-state index is 14.5. The van der Waals surface area contributed by atoms with E-state index in [-0.39, 0.29) is 18.7 Å². The van der Waals surface area contributed by atoms with Gasteiger partial charge in [-0.15, -0.1) is 0 Å². The van der Waals surface area contributed by atoms with E-state index >= 15 is 0 Å². The van der Waals surface area contributed by atoms with Crippen LogP contribution in [0.25, 0.3) is 0 Å². The fourth-order valence-corrected chi connectivity index (χ4v) is 2.34. The summed E-state index contributed by atoms with van der Waals surface area (Å²) in [5.41, 5.74) is 1.69. The van der Waals surface area contributed by atoms with Gasteiger partial charge in [0.05, 0.1) is 13.1 Å². The normalized spacial score (nSPS) is 17.8. The van der Waals surface area contributed by atoms with Gasteiger partial charge >= 0.3 is 19.1 Å². The van der Waals surface area contributed by atoms with Gasteiger partial charge in [0.15, 0.2) is 5.78 Å². The molecule has 0 amide bonds. The van der Waals surface area contributed by atoms with Gasteiger partial charge in [-0.2, -0.15) is 0 Å². The number of hydrogen-bond donors (Lipinski definition) is 0. The summed E-state index contributed by atoms with van der Waals surface area (Å²) in [5, 5.41) is 0. The molecule has 2 rings (SSSR count). The molecule has 1 aliphatic heterocycles. The first kappa shape index (κ1) is 17.1. The van der Waals surface area contributed by atoms with Crippen molar-refractivity contribution < 1.29 is 28.1 Å². The minimum atomic E-state index is -2.27. The summed E-state index contributed by atoms with van der Waals surface area (Å²) in [7, 11) is -0.340. The summed E-state index contributed by atoms with van der Waals surface area (Å²) in [6, 6.07) is 4.92. The fourth-order valence-electron chi connectivity index (χ4n) is 2.34. The van der Waals surface area contributed by atoms with Crippen molar-refractivity contribution in [2.75, 3.05) is 20.1 Å². The maximum Gasteiger partial charge on any atom is 0.644 e. The lowest BCUT2D eigenvalue weighted by Gasteiger charge is -2.23. The molecule has 0 aliphatic carbocycles. The number of carbonyl (C=O) groups excluding carboxylic acids is 3. The van der Waals surface area contributed by atoms with Crippen LogP contribution in [0.15, 0.2) is 18.2 Å². The summed E-state index contributed by atoms with van der Waals surface area (Å²) >= 11 is 0. The Hall–Kier alpha value is -2.22. The zero-order chi connectivity index (χ0) is 17.1. The van der Waals surface area contributed by atoms with Crippen LogP contribution < -0.4 is 0 Å². The molecule has 1 atom stereocenters. The van der Waals surface area contributed by atoms with Crippen molar-refractivity contribution in [3.63, 3.8) is 0 Å². The van der Waals surface area contributed by atoms with Crippen molar-refractivity contribution in [3.05, 3.63) is 34.9 Å². The first-order chi connectivity index (χ1) is 10.8. The van der Waals surface area contributed by atoms with E-state index in [0.29, 0.717) is 5.56 Å². The number of likely N-dealkylation sites (N-methyl/N-ethyl adjacent to an activating group) is 1. The van der Waals surface area contributed by atoms with Gasteiger partial charge in [0.2, 0.25) is 6.07 Å². The lowest BCUT2D eigenvalue weighted by atomic mass is 9.77. The molecule has 122 valence electrons. The van der Waals surface area contributed by atoms with Gasteiger partial charge in [-0.1, -0.05) is 23.8 Å². The Kier molecular flexibility index (Phi) is 5.15. The van der Waals surface area contributed by atoms with Crippen molar-refractivity contribution in [2.24, 2.45) is 0 Å². The molecular weight excluding hydrogens is 304 g/mol. The molecule has 1 fully saturated rings. The van der Waals surface area contributed by atoms with Crippen LogP contribution >= 0.6 is 0 Å². The van der Waals surface area contributed by atoms with E-state index < -0.39 is 30.9 Å². The van der Waals surface area contributed by atoms with Gasteiger partial charge < -0.3 is 9.31 Å². The first-order valence-electron chi connectivity index (χ1n) is 7.11. The van der Waals surface area contributed by atoms with Crippen LogP contribution in [0.1, 0.15) is 21.5 Å². The second kappa shape index (κ2) is 6.91. The number of rotatable bonds is 3. The number of Topliss-reactive ketones (excluding diaryl/α,β-unsaturated/α-hetero) is 1. The molecule has 0 N–H and O–H groups in total. The van der Waals surface area contributed by atoms with Gasteiger partial charge in [-0.05, 0) is 26.5 Å². The molecule has 0 unspecified atom stereocenters. The van der Waals surface area contributed by atoms with Crippen molar-refractivity contribution in [2.45, 2.75) is 19.9 Å². The molecule has 0 saturated carbocycles. The fraction of sp³-hybridized carbons (Fsp3) is 0.400. The van der Waals surface area contributed by atoms with Crippen LogP contribution in [0.2, 0.25) is 0 Å². The highest BCUT2D eigenvalue weighted by molar-refractivity contribution is 6.56.